The fourth-order valence-electron chi connectivity index (χ4n) is 3.31. The summed E-state index contributed by atoms with van der Waals surface area (Å²) in [6.07, 6.45) is 4.52. The molecule has 1 nitrogen and oxygen atoms in total. The smallest absolute Gasteiger partial charge is 0.0627 e. The summed E-state index contributed by atoms with van der Waals surface area (Å²) in [6, 6.07) is 0. The summed E-state index contributed by atoms with van der Waals surface area (Å²) in [5.41, 5.74) is 0.950. The SMILES string of the molecule is CC(C)(C)C[C@H]1OC(C(C)(C)C)CCC1C(C)(C)C. The second kappa shape index (κ2) is 5.39. The molecule has 0 aromatic rings. The van der Waals surface area contributed by atoms with Gasteiger partial charge in [-0.05, 0) is 41.4 Å². The number of rotatable bonds is 1. The number of hydrogen-bond donors (Lipinski definition) is 0. The van der Waals surface area contributed by atoms with Crippen molar-refractivity contribution in [2.75, 3.05) is 0 Å². The van der Waals surface area contributed by atoms with Gasteiger partial charge in [0, 0.05) is 0 Å². The van der Waals surface area contributed by atoms with Gasteiger partial charge in [-0.25, -0.2) is 0 Å². The van der Waals surface area contributed by atoms with Gasteiger partial charge in [0.1, 0.15) is 0 Å². The maximum Gasteiger partial charge on any atom is 0.0627 e. The standard InChI is InChI=1S/C18H36O/c1-16(2,3)12-14-13(17(4,5)6)10-11-15(19-14)18(7,8)9/h13-15H,10-12H2,1-9H3/t13?,14-,15?/m1/s1. The first kappa shape index (κ1) is 17.0. The molecule has 0 aromatic carbocycles. The third-order valence-electron chi connectivity index (χ3n) is 4.42. The van der Waals surface area contributed by atoms with Crippen LogP contribution in [0.5, 0.6) is 0 Å². The highest BCUT2D eigenvalue weighted by atomic mass is 16.5. The molecule has 19 heavy (non-hydrogen) atoms. The van der Waals surface area contributed by atoms with Crippen molar-refractivity contribution in [2.45, 2.75) is 93.8 Å². The summed E-state index contributed by atoms with van der Waals surface area (Å²) in [6.45, 7) is 21.0. The lowest BCUT2D eigenvalue weighted by Crippen LogP contribution is -2.46. The third-order valence-corrected chi connectivity index (χ3v) is 4.42. The molecule has 0 radical (unpaired) electrons. The Labute approximate surface area is 121 Å². The van der Waals surface area contributed by atoms with E-state index in [1.54, 1.807) is 0 Å². The Morgan fingerprint density at radius 2 is 1.32 bits per heavy atom. The van der Waals surface area contributed by atoms with Gasteiger partial charge in [-0.3, -0.25) is 0 Å². The van der Waals surface area contributed by atoms with E-state index in [9.17, 15) is 0 Å². The Morgan fingerprint density at radius 1 is 0.789 bits per heavy atom. The van der Waals surface area contributed by atoms with Crippen LogP contribution in [0.2, 0.25) is 0 Å². The zero-order chi connectivity index (χ0) is 15.1. The van der Waals surface area contributed by atoms with Gasteiger partial charge >= 0.3 is 0 Å². The molecule has 2 unspecified atom stereocenters. The van der Waals surface area contributed by atoms with Crippen molar-refractivity contribution in [2.24, 2.45) is 22.2 Å². The van der Waals surface area contributed by atoms with Crippen LogP contribution in [-0.2, 0) is 4.74 Å². The fraction of sp³-hybridized carbons (Fsp3) is 1.00. The molecule has 1 heteroatoms. The lowest BCUT2D eigenvalue weighted by Gasteiger charge is -2.48. The van der Waals surface area contributed by atoms with Crippen molar-refractivity contribution >= 4 is 0 Å². The average molecular weight is 268 g/mol. The van der Waals surface area contributed by atoms with Crippen molar-refractivity contribution in [3.8, 4) is 0 Å². The summed E-state index contributed by atoms with van der Waals surface area (Å²) in [5.74, 6) is 0.685. The van der Waals surface area contributed by atoms with Crippen LogP contribution in [0.15, 0.2) is 0 Å². The highest BCUT2D eigenvalue weighted by Gasteiger charge is 2.42. The van der Waals surface area contributed by atoms with Crippen molar-refractivity contribution in [1.29, 1.82) is 0 Å². The maximum atomic E-state index is 6.57. The topological polar surface area (TPSA) is 9.23 Å². The molecular weight excluding hydrogens is 232 g/mol. The van der Waals surface area contributed by atoms with Gasteiger partial charge in [-0.1, -0.05) is 62.3 Å². The van der Waals surface area contributed by atoms with Crippen LogP contribution in [0.4, 0.5) is 0 Å². The highest BCUT2D eigenvalue weighted by Crippen LogP contribution is 2.45. The Hall–Kier alpha value is -0.0400. The van der Waals surface area contributed by atoms with E-state index in [0.29, 0.717) is 29.0 Å². The molecule has 0 bridgehead atoms. The molecular formula is C18H36O. The second-order valence-corrected chi connectivity index (χ2v) is 9.84. The van der Waals surface area contributed by atoms with Crippen molar-refractivity contribution in [1.82, 2.24) is 0 Å². The van der Waals surface area contributed by atoms with Crippen LogP contribution >= 0.6 is 0 Å². The van der Waals surface area contributed by atoms with Crippen LogP contribution in [0.1, 0.15) is 81.6 Å². The van der Waals surface area contributed by atoms with Crippen LogP contribution in [-0.4, -0.2) is 12.2 Å². The van der Waals surface area contributed by atoms with E-state index in [1.165, 1.54) is 19.3 Å². The van der Waals surface area contributed by atoms with Crippen LogP contribution in [0, 0.1) is 22.2 Å². The molecule has 1 fully saturated rings. The zero-order valence-corrected chi connectivity index (χ0v) is 14.8. The van der Waals surface area contributed by atoms with Crippen molar-refractivity contribution in [3.05, 3.63) is 0 Å². The molecule has 0 spiro atoms. The average Bonchev–Trinajstić information content (AvgIpc) is 2.11. The number of ether oxygens (including phenoxy) is 1. The molecule has 1 aliphatic heterocycles. The van der Waals surface area contributed by atoms with Crippen LogP contribution in [0.3, 0.4) is 0 Å². The van der Waals surface area contributed by atoms with Crippen LogP contribution < -0.4 is 0 Å². The Bertz CT molecular complexity index is 284. The Balaban J connectivity index is 2.87. The lowest BCUT2D eigenvalue weighted by molar-refractivity contribution is -0.155. The van der Waals surface area contributed by atoms with Crippen LogP contribution in [0.25, 0.3) is 0 Å². The van der Waals surface area contributed by atoms with Crippen molar-refractivity contribution < 1.29 is 4.74 Å². The van der Waals surface area contributed by atoms with Gasteiger partial charge in [0.15, 0.2) is 0 Å². The molecule has 114 valence electrons. The van der Waals surface area contributed by atoms with Gasteiger partial charge in [0.2, 0.25) is 0 Å². The van der Waals surface area contributed by atoms with E-state index in [2.05, 4.69) is 62.3 Å². The lowest BCUT2D eigenvalue weighted by atomic mass is 9.68. The molecule has 0 aromatic heterocycles. The Kier molecular flexibility index (Phi) is 4.83. The van der Waals surface area contributed by atoms with E-state index in [0.717, 1.165) is 0 Å². The van der Waals surface area contributed by atoms with E-state index >= 15 is 0 Å². The molecule has 0 N–H and O–H groups in total. The molecule has 1 rings (SSSR count). The Morgan fingerprint density at radius 3 is 1.68 bits per heavy atom. The summed E-state index contributed by atoms with van der Waals surface area (Å²) in [7, 11) is 0. The monoisotopic (exact) mass is 268 g/mol. The molecule has 3 atom stereocenters. The van der Waals surface area contributed by atoms with E-state index in [1.807, 2.05) is 0 Å². The molecule has 1 aliphatic rings. The van der Waals surface area contributed by atoms with Crippen molar-refractivity contribution in [3.63, 3.8) is 0 Å². The largest absolute Gasteiger partial charge is 0.374 e. The first-order valence-electron chi connectivity index (χ1n) is 7.96. The normalized spacial score (nSPS) is 30.5. The minimum absolute atomic E-state index is 0.263. The summed E-state index contributed by atoms with van der Waals surface area (Å²) in [4.78, 5) is 0. The third kappa shape index (κ3) is 5.10. The molecule has 0 saturated carbocycles. The number of hydrogen-bond acceptors (Lipinski definition) is 1. The van der Waals surface area contributed by atoms with E-state index in [-0.39, 0.29) is 5.41 Å². The first-order valence-corrected chi connectivity index (χ1v) is 7.96. The zero-order valence-electron chi connectivity index (χ0n) is 14.8. The first-order chi connectivity index (χ1) is 8.31. The molecule has 0 amide bonds. The predicted molar refractivity (Wildman–Crippen MR) is 84.4 cm³/mol. The summed E-state index contributed by atoms with van der Waals surface area (Å²) in [5, 5.41) is 0. The molecule has 1 saturated heterocycles. The van der Waals surface area contributed by atoms with E-state index < -0.39 is 0 Å². The fourth-order valence-corrected chi connectivity index (χ4v) is 3.31. The predicted octanol–water partition coefficient (Wildman–Crippen LogP) is 5.68. The van der Waals surface area contributed by atoms with E-state index in [4.69, 9.17) is 4.74 Å². The molecule has 0 aliphatic carbocycles. The quantitative estimate of drug-likeness (QED) is 0.594. The van der Waals surface area contributed by atoms with Gasteiger partial charge in [-0.2, -0.15) is 0 Å². The van der Waals surface area contributed by atoms with Gasteiger partial charge in [0.05, 0.1) is 12.2 Å². The molecule has 1 heterocycles. The second-order valence-electron chi connectivity index (χ2n) is 9.84. The summed E-state index contributed by atoms with van der Waals surface area (Å²) >= 11 is 0. The van der Waals surface area contributed by atoms with Gasteiger partial charge in [0.25, 0.3) is 0 Å². The maximum absolute atomic E-state index is 6.57. The van der Waals surface area contributed by atoms with Gasteiger partial charge < -0.3 is 4.74 Å². The highest BCUT2D eigenvalue weighted by molar-refractivity contribution is 4.91. The minimum Gasteiger partial charge on any atom is -0.374 e. The minimum atomic E-state index is 0.263. The summed E-state index contributed by atoms with van der Waals surface area (Å²) < 4.78 is 6.57. The van der Waals surface area contributed by atoms with Gasteiger partial charge in [-0.15, -0.1) is 0 Å².